The summed E-state index contributed by atoms with van der Waals surface area (Å²) in [4.78, 5) is 34.5. The Labute approximate surface area is 153 Å². The quantitative estimate of drug-likeness (QED) is 0.838. The molecule has 0 bridgehead atoms. The molecule has 0 radical (unpaired) electrons. The van der Waals surface area contributed by atoms with Crippen molar-refractivity contribution in [2.45, 2.75) is 31.2 Å². The van der Waals surface area contributed by atoms with Crippen LogP contribution < -0.4 is 5.32 Å². The van der Waals surface area contributed by atoms with E-state index < -0.39 is 5.54 Å². The summed E-state index contributed by atoms with van der Waals surface area (Å²) in [5.74, 6) is 1.21. The second kappa shape index (κ2) is 5.83. The summed E-state index contributed by atoms with van der Waals surface area (Å²) in [7, 11) is 0. The van der Waals surface area contributed by atoms with E-state index in [1.807, 2.05) is 40.1 Å². The third kappa shape index (κ3) is 2.27. The smallest absolute Gasteiger partial charge is 0.320 e. The highest BCUT2D eigenvalue weighted by atomic mass is 16.2. The minimum absolute atomic E-state index is 0.0133. The number of nitrogens with one attached hydrogen (secondary N) is 1. The zero-order valence-electron chi connectivity index (χ0n) is 14.9. The van der Waals surface area contributed by atoms with E-state index >= 15 is 0 Å². The van der Waals surface area contributed by atoms with Crippen molar-refractivity contribution < 1.29 is 9.59 Å². The van der Waals surface area contributed by atoms with E-state index in [0.717, 1.165) is 50.9 Å². The zero-order chi connectivity index (χ0) is 17.7. The SMILES string of the molecule is O=C(N1CCCC1)N1C[C@@H]2CC[C@]3(N=C(c4ccccc4)NC3=O)[C@@H]2C1. The van der Waals surface area contributed by atoms with E-state index in [1.54, 1.807) is 0 Å². The fourth-order valence-corrected chi connectivity index (χ4v) is 5.21. The van der Waals surface area contributed by atoms with Gasteiger partial charge in [-0.05, 0) is 31.6 Å². The monoisotopic (exact) mass is 352 g/mol. The lowest BCUT2D eigenvalue weighted by molar-refractivity contribution is -0.124. The number of carbonyl (C=O) groups excluding carboxylic acids is 2. The Hall–Kier alpha value is -2.37. The molecule has 4 aliphatic rings. The first-order chi connectivity index (χ1) is 12.7. The molecule has 2 saturated heterocycles. The van der Waals surface area contributed by atoms with Crippen LogP contribution in [0, 0.1) is 11.8 Å². The first kappa shape index (κ1) is 15.9. The highest BCUT2D eigenvalue weighted by molar-refractivity contribution is 6.15. The number of carbonyl (C=O) groups is 2. The number of amidine groups is 1. The lowest BCUT2D eigenvalue weighted by Gasteiger charge is -2.27. The first-order valence-corrected chi connectivity index (χ1v) is 9.68. The van der Waals surface area contributed by atoms with E-state index in [-0.39, 0.29) is 17.9 Å². The maximum Gasteiger partial charge on any atom is 0.320 e. The molecule has 3 amide bonds. The Morgan fingerprint density at radius 3 is 2.65 bits per heavy atom. The van der Waals surface area contributed by atoms with Crippen molar-refractivity contribution in [2.75, 3.05) is 26.2 Å². The Balaban J connectivity index is 1.40. The average Bonchev–Trinajstić information content (AvgIpc) is 3.42. The largest absolute Gasteiger partial charge is 0.325 e. The highest BCUT2D eigenvalue weighted by Crippen LogP contribution is 2.49. The molecular weight excluding hydrogens is 328 g/mol. The Morgan fingerprint density at radius 2 is 1.88 bits per heavy atom. The molecule has 1 aromatic rings. The van der Waals surface area contributed by atoms with E-state index in [9.17, 15) is 9.59 Å². The normalized spacial score (nSPS) is 32.9. The minimum Gasteiger partial charge on any atom is -0.325 e. The maximum atomic E-state index is 12.9. The second-order valence-electron chi connectivity index (χ2n) is 7.99. The van der Waals surface area contributed by atoms with E-state index in [2.05, 4.69) is 5.32 Å². The molecule has 3 atom stereocenters. The van der Waals surface area contributed by atoms with Crippen LogP contribution >= 0.6 is 0 Å². The van der Waals surface area contributed by atoms with E-state index in [0.29, 0.717) is 18.3 Å². The van der Waals surface area contributed by atoms with Crippen LogP contribution in [0.4, 0.5) is 4.79 Å². The van der Waals surface area contributed by atoms with Crippen molar-refractivity contribution in [3.05, 3.63) is 35.9 Å². The van der Waals surface area contributed by atoms with Gasteiger partial charge in [-0.2, -0.15) is 0 Å². The molecule has 0 unspecified atom stereocenters. The molecule has 3 heterocycles. The number of benzene rings is 1. The van der Waals surface area contributed by atoms with Gasteiger partial charge in [0, 0.05) is 37.7 Å². The first-order valence-electron chi connectivity index (χ1n) is 9.68. The standard InChI is InChI=1S/C20H24N4O2/c25-18-20(22-17(21-18)14-6-2-1-3-7-14)9-8-15-12-24(13-16(15)20)19(26)23-10-4-5-11-23/h1-3,6-7,15-16H,4-5,8-13H2,(H,21,22,25)/t15-,16+,20-/m0/s1. The van der Waals surface area contributed by atoms with Crippen molar-refractivity contribution >= 4 is 17.8 Å². The van der Waals surface area contributed by atoms with Crippen LogP contribution in [0.2, 0.25) is 0 Å². The fourth-order valence-electron chi connectivity index (χ4n) is 5.21. The second-order valence-corrected chi connectivity index (χ2v) is 7.99. The van der Waals surface area contributed by atoms with Gasteiger partial charge in [0.25, 0.3) is 5.91 Å². The lowest BCUT2D eigenvalue weighted by atomic mass is 9.85. The van der Waals surface area contributed by atoms with Crippen molar-refractivity contribution in [1.82, 2.24) is 15.1 Å². The number of hydrogen-bond acceptors (Lipinski definition) is 3. The third-order valence-corrected chi connectivity index (χ3v) is 6.58. The van der Waals surface area contributed by atoms with Gasteiger partial charge < -0.3 is 15.1 Å². The number of urea groups is 1. The highest BCUT2D eigenvalue weighted by Gasteiger charge is 2.60. The van der Waals surface area contributed by atoms with Gasteiger partial charge in [-0.15, -0.1) is 0 Å². The van der Waals surface area contributed by atoms with Crippen molar-refractivity contribution in [3.63, 3.8) is 0 Å². The van der Waals surface area contributed by atoms with Crippen molar-refractivity contribution in [3.8, 4) is 0 Å². The number of fused-ring (bicyclic) bond motifs is 2. The summed E-state index contributed by atoms with van der Waals surface area (Å²) in [6, 6.07) is 9.97. The summed E-state index contributed by atoms with van der Waals surface area (Å²) in [6.07, 6.45) is 3.96. The molecule has 1 saturated carbocycles. The van der Waals surface area contributed by atoms with Crippen LogP contribution in [0.5, 0.6) is 0 Å². The lowest BCUT2D eigenvalue weighted by Crippen LogP contribution is -2.46. The summed E-state index contributed by atoms with van der Waals surface area (Å²) >= 11 is 0. The molecular formula is C20H24N4O2. The molecule has 26 heavy (non-hydrogen) atoms. The molecule has 5 rings (SSSR count). The molecule has 6 heteroatoms. The molecule has 1 N–H and O–H groups in total. The Bertz CT molecular complexity index is 771. The minimum atomic E-state index is -0.685. The number of aliphatic imine (C=N–C) groups is 1. The predicted molar refractivity (Wildman–Crippen MR) is 97.8 cm³/mol. The molecule has 1 aliphatic carbocycles. The summed E-state index contributed by atoms with van der Waals surface area (Å²) < 4.78 is 0. The average molecular weight is 352 g/mol. The van der Waals surface area contributed by atoms with E-state index in [4.69, 9.17) is 4.99 Å². The van der Waals surface area contributed by atoms with Crippen LogP contribution in [0.15, 0.2) is 35.3 Å². The Kier molecular flexibility index (Phi) is 3.55. The molecule has 3 aliphatic heterocycles. The van der Waals surface area contributed by atoms with Crippen LogP contribution in [-0.4, -0.2) is 59.3 Å². The van der Waals surface area contributed by atoms with E-state index in [1.165, 1.54) is 0 Å². The van der Waals surface area contributed by atoms with Gasteiger partial charge in [0.2, 0.25) is 0 Å². The third-order valence-electron chi connectivity index (χ3n) is 6.58. The van der Waals surface area contributed by atoms with Crippen molar-refractivity contribution in [2.24, 2.45) is 16.8 Å². The van der Waals surface area contributed by atoms with Gasteiger partial charge >= 0.3 is 6.03 Å². The summed E-state index contributed by atoms with van der Waals surface area (Å²) in [5, 5.41) is 3.01. The van der Waals surface area contributed by atoms with Crippen molar-refractivity contribution in [1.29, 1.82) is 0 Å². The molecule has 6 nitrogen and oxygen atoms in total. The molecule has 0 aromatic heterocycles. The number of rotatable bonds is 1. The molecule has 1 aromatic carbocycles. The van der Waals surface area contributed by atoms with Crippen LogP contribution in [0.1, 0.15) is 31.2 Å². The molecule has 136 valence electrons. The van der Waals surface area contributed by atoms with Gasteiger partial charge in [0.05, 0.1) is 0 Å². The van der Waals surface area contributed by atoms with Gasteiger partial charge in [-0.25, -0.2) is 4.79 Å². The molecule has 3 fully saturated rings. The summed E-state index contributed by atoms with van der Waals surface area (Å²) in [6.45, 7) is 3.16. The van der Waals surface area contributed by atoms with Crippen LogP contribution in [-0.2, 0) is 4.79 Å². The summed E-state index contributed by atoms with van der Waals surface area (Å²) in [5.41, 5.74) is 0.264. The van der Waals surface area contributed by atoms with Gasteiger partial charge in [0.15, 0.2) is 0 Å². The number of nitrogens with zero attached hydrogens (tertiary/aromatic N) is 3. The maximum absolute atomic E-state index is 12.9. The topological polar surface area (TPSA) is 65.0 Å². The van der Waals surface area contributed by atoms with Gasteiger partial charge in [-0.1, -0.05) is 30.3 Å². The number of likely N-dealkylation sites (tertiary alicyclic amines) is 2. The number of amides is 3. The number of hydrogen-bond donors (Lipinski definition) is 1. The Morgan fingerprint density at radius 1 is 1.12 bits per heavy atom. The van der Waals surface area contributed by atoms with Crippen LogP contribution in [0.3, 0.4) is 0 Å². The fraction of sp³-hybridized carbons (Fsp3) is 0.550. The van der Waals surface area contributed by atoms with Crippen LogP contribution in [0.25, 0.3) is 0 Å². The van der Waals surface area contributed by atoms with Gasteiger partial charge in [-0.3, -0.25) is 9.79 Å². The predicted octanol–water partition coefficient (Wildman–Crippen LogP) is 1.86. The van der Waals surface area contributed by atoms with Gasteiger partial charge in [0.1, 0.15) is 11.4 Å². The molecule has 1 spiro atoms. The zero-order valence-corrected chi connectivity index (χ0v) is 14.9.